The number of aliphatic hydroxyl groups is 1. The Morgan fingerprint density at radius 1 is 1.47 bits per heavy atom. The Labute approximate surface area is 85.1 Å². The first-order valence-corrected chi connectivity index (χ1v) is 4.19. The van der Waals surface area contributed by atoms with E-state index in [2.05, 4.69) is 11.6 Å². The molecule has 82 valence electrons. The Kier molecular flexibility index (Phi) is 3.14. The number of pyridine rings is 1. The van der Waals surface area contributed by atoms with Crippen LogP contribution in [0.15, 0.2) is 30.5 Å². The van der Waals surface area contributed by atoms with Gasteiger partial charge in [-0.25, -0.2) is 0 Å². The molecule has 0 amide bonds. The van der Waals surface area contributed by atoms with E-state index in [1.165, 1.54) is 0 Å². The summed E-state index contributed by atoms with van der Waals surface area (Å²) in [4.78, 5) is 3.54. The number of hydrogen-bond acceptors (Lipinski definition) is 2. The van der Waals surface area contributed by atoms with Crippen LogP contribution in [0.5, 0.6) is 0 Å². The summed E-state index contributed by atoms with van der Waals surface area (Å²) < 4.78 is 36.5. The highest BCUT2D eigenvalue weighted by atomic mass is 19.4. The molecule has 15 heavy (non-hydrogen) atoms. The van der Waals surface area contributed by atoms with Crippen LogP contribution >= 0.6 is 0 Å². The standard InChI is InChI=1S/C10H10F3NO/c1-6(2)9(15)8-4-3-7(5-14-8)10(11,12)13/h3-5,9,15H,1H2,2H3. The van der Waals surface area contributed by atoms with Crippen LogP contribution in [0.3, 0.4) is 0 Å². The minimum Gasteiger partial charge on any atom is -0.382 e. The van der Waals surface area contributed by atoms with E-state index < -0.39 is 17.8 Å². The topological polar surface area (TPSA) is 33.1 Å². The Morgan fingerprint density at radius 3 is 2.40 bits per heavy atom. The summed E-state index contributed by atoms with van der Waals surface area (Å²) in [5.74, 6) is 0. The summed E-state index contributed by atoms with van der Waals surface area (Å²) >= 11 is 0. The first-order valence-electron chi connectivity index (χ1n) is 4.19. The van der Waals surface area contributed by atoms with Crippen molar-refractivity contribution in [1.29, 1.82) is 0 Å². The van der Waals surface area contributed by atoms with Crippen LogP contribution in [-0.2, 0) is 6.18 Å². The average Bonchev–Trinajstić information content (AvgIpc) is 2.15. The zero-order valence-corrected chi connectivity index (χ0v) is 8.04. The van der Waals surface area contributed by atoms with Gasteiger partial charge < -0.3 is 5.11 Å². The molecular weight excluding hydrogens is 207 g/mol. The van der Waals surface area contributed by atoms with Crippen LogP contribution in [0.4, 0.5) is 13.2 Å². The van der Waals surface area contributed by atoms with Crippen molar-refractivity contribution in [2.75, 3.05) is 0 Å². The molecule has 1 heterocycles. The quantitative estimate of drug-likeness (QED) is 0.772. The summed E-state index contributed by atoms with van der Waals surface area (Å²) in [6.07, 6.45) is -4.73. The van der Waals surface area contributed by atoms with Crippen molar-refractivity contribution in [2.45, 2.75) is 19.2 Å². The van der Waals surface area contributed by atoms with Gasteiger partial charge in [-0.1, -0.05) is 6.58 Å². The Morgan fingerprint density at radius 2 is 2.07 bits per heavy atom. The van der Waals surface area contributed by atoms with E-state index in [-0.39, 0.29) is 5.69 Å². The predicted molar refractivity (Wildman–Crippen MR) is 49.0 cm³/mol. The van der Waals surface area contributed by atoms with Crippen molar-refractivity contribution in [3.05, 3.63) is 41.7 Å². The van der Waals surface area contributed by atoms with Gasteiger partial charge in [-0.15, -0.1) is 0 Å². The summed E-state index contributed by atoms with van der Waals surface area (Å²) in [5.41, 5.74) is -0.238. The van der Waals surface area contributed by atoms with Crippen molar-refractivity contribution in [1.82, 2.24) is 4.98 Å². The van der Waals surface area contributed by atoms with Gasteiger partial charge >= 0.3 is 6.18 Å². The van der Waals surface area contributed by atoms with Gasteiger partial charge in [0.2, 0.25) is 0 Å². The number of nitrogens with zero attached hydrogens (tertiary/aromatic N) is 1. The summed E-state index contributed by atoms with van der Waals surface area (Å²) in [6, 6.07) is 2.02. The molecule has 0 radical (unpaired) electrons. The van der Waals surface area contributed by atoms with Crippen LogP contribution in [0.25, 0.3) is 0 Å². The molecule has 0 spiro atoms. The molecule has 0 bridgehead atoms. The lowest BCUT2D eigenvalue weighted by atomic mass is 10.1. The third kappa shape index (κ3) is 2.79. The predicted octanol–water partition coefficient (Wildman–Crippen LogP) is 2.71. The second-order valence-electron chi connectivity index (χ2n) is 3.22. The zero-order valence-electron chi connectivity index (χ0n) is 8.04. The second-order valence-corrected chi connectivity index (χ2v) is 3.22. The van der Waals surface area contributed by atoms with E-state index in [9.17, 15) is 18.3 Å². The minimum absolute atomic E-state index is 0.163. The summed E-state index contributed by atoms with van der Waals surface area (Å²) in [7, 11) is 0. The zero-order chi connectivity index (χ0) is 11.6. The van der Waals surface area contributed by atoms with E-state index in [1.807, 2.05) is 0 Å². The maximum absolute atomic E-state index is 12.2. The monoisotopic (exact) mass is 217 g/mol. The molecule has 1 unspecified atom stereocenters. The highest BCUT2D eigenvalue weighted by molar-refractivity contribution is 5.21. The number of alkyl halides is 3. The smallest absolute Gasteiger partial charge is 0.382 e. The van der Waals surface area contributed by atoms with Crippen LogP contribution in [-0.4, -0.2) is 10.1 Å². The molecule has 0 aromatic carbocycles. The van der Waals surface area contributed by atoms with Crippen molar-refractivity contribution in [2.24, 2.45) is 0 Å². The van der Waals surface area contributed by atoms with Crippen LogP contribution in [0.2, 0.25) is 0 Å². The third-order valence-electron chi connectivity index (χ3n) is 1.86. The van der Waals surface area contributed by atoms with Gasteiger partial charge in [0.15, 0.2) is 0 Å². The van der Waals surface area contributed by atoms with E-state index in [1.54, 1.807) is 6.92 Å². The SMILES string of the molecule is C=C(C)C(O)c1ccc(C(F)(F)F)cn1. The minimum atomic E-state index is -4.40. The van der Waals surface area contributed by atoms with Crippen molar-refractivity contribution >= 4 is 0 Å². The Bertz CT molecular complexity index is 356. The molecule has 0 aliphatic carbocycles. The molecule has 0 saturated heterocycles. The highest BCUT2D eigenvalue weighted by Crippen LogP contribution is 2.29. The number of aromatic nitrogens is 1. The molecule has 2 nitrogen and oxygen atoms in total. The van der Waals surface area contributed by atoms with Crippen LogP contribution in [0, 0.1) is 0 Å². The Hall–Kier alpha value is -1.36. The normalized spacial score (nSPS) is 13.7. The summed E-state index contributed by atoms with van der Waals surface area (Å²) in [5, 5.41) is 9.45. The third-order valence-corrected chi connectivity index (χ3v) is 1.86. The van der Waals surface area contributed by atoms with Gasteiger partial charge in [0.25, 0.3) is 0 Å². The lowest BCUT2D eigenvalue weighted by Gasteiger charge is -2.11. The van der Waals surface area contributed by atoms with E-state index >= 15 is 0 Å². The molecule has 0 saturated carbocycles. The number of hydrogen-bond donors (Lipinski definition) is 1. The molecule has 1 aromatic rings. The number of rotatable bonds is 2. The maximum atomic E-state index is 12.2. The van der Waals surface area contributed by atoms with Crippen LogP contribution < -0.4 is 0 Å². The molecule has 0 fully saturated rings. The van der Waals surface area contributed by atoms with Gasteiger partial charge in [-0.05, 0) is 24.6 Å². The van der Waals surface area contributed by atoms with E-state index in [0.717, 1.165) is 12.1 Å². The molecule has 1 aromatic heterocycles. The fraction of sp³-hybridized carbons (Fsp3) is 0.300. The second kappa shape index (κ2) is 4.02. The van der Waals surface area contributed by atoms with Gasteiger partial charge in [0.1, 0.15) is 6.10 Å². The van der Waals surface area contributed by atoms with E-state index in [4.69, 9.17) is 0 Å². The molecule has 5 heteroatoms. The lowest BCUT2D eigenvalue weighted by molar-refractivity contribution is -0.137. The molecule has 0 aliphatic rings. The van der Waals surface area contributed by atoms with Crippen molar-refractivity contribution < 1.29 is 18.3 Å². The first kappa shape index (κ1) is 11.7. The molecule has 1 rings (SSSR count). The van der Waals surface area contributed by atoms with Gasteiger partial charge in [-0.2, -0.15) is 13.2 Å². The molecular formula is C10H10F3NO. The van der Waals surface area contributed by atoms with E-state index in [0.29, 0.717) is 11.8 Å². The number of halogens is 3. The lowest BCUT2D eigenvalue weighted by Crippen LogP contribution is -2.07. The van der Waals surface area contributed by atoms with Crippen LogP contribution in [0.1, 0.15) is 24.3 Å². The Balaban J connectivity index is 2.95. The fourth-order valence-corrected chi connectivity index (χ4v) is 0.987. The maximum Gasteiger partial charge on any atom is 0.417 e. The highest BCUT2D eigenvalue weighted by Gasteiger charge is 2.30. The van der Waals surface area contributed by atoms with Gasteiger partial charge in [0, 0.05) is 6.20 Å². The molecule has 0 aliphatic heterocycles. The molecule has 1 atom stereocenters. The summed E-state index contributed by atoms with van der Waals surface area (Å²) in [6.45, 7) is 5.06. The van der Waals surface area contributed by atoms with Gasteiger partial charge in [0.05, 0.1) is 11.3 Å². The number of aliphatic hydroxyl groups excluding tert-OH is 1. The first-order chi connectivity index (χ1) is 6.82. The fourth-order valence-electron chi connectivity index (χ4n) is 0.987. The largest absolute Gasteiger partial charge is 0.417 e. The van der Waals surface area contributed by atoms with Gasteiger partial charge in [-0.3, -0.25) is 4.98 Å². The molecule has 1 N–H and O–H groups in total. The van der Waals surface area contributed by atoms with Crippen molar-refractivity contribution in [3.8, 4) is 0 Å². The average molecular weight is 217 g/mol. The van der Waals surface area contributed by atoms with Crippen molar-refractivity contribution in [3.63, 3.8) is 0 Å².